The Morgan fingerprint density at radius 3 is 2.24 bits per heavy atom. The zero-order valence-electron chi connectivity index (χ0n) is 17.6. The Morgan fingerprint density at radius 1 is 1.03 bits per heavy atom. The molecule has 1 heterocycles. The number of nitrogens with zero attached hydrogens (tertiary/aromatic N) is 1. The van der Waals surface area contributed by atoms with Gasteiger partial charge in [0.2, 0.25) is 5.91 Å². The Balaban J connectivity index is 2.11. The Bertz CT molecular complexity index is 995. The van der Waals surface area contributed by atoms with E-state index in [0.29, 0.717) is 29.9 Å². The molecule has 0 radical (unpaired) electrons. The van der Waals surface area contributed by atoms with Gasteiger partial charge in [-0.15, -0.1) is 11.3 Å². The maximum absolute atomic E-state index is 13.6. The van der Waals surface area contributed by atoms with E-state index in [1.807, 2.05) is 0 Å². The van der Waals surface area contributed by atoms with Gasteiger partial charge in [0.15, 0.2) is 6.04 Å². The standard InChI is InChI=1S/C22H22F6N2O2S/c1-13-10-11-17(33-13)18(19(31)29-15-7-3-2-4-8-15)30(20(32)22(26,27)28)16-9-5-6-14(12-16)21(23,24)25/h5-6,9-12,15,18H,2-4,7-8H2,1H3,(H,29,31)/t18-/m0/s1. The fraction of sp³-hybridized carbons (Fsp3) is 0.455. The van der Waals surface area contributed by atoms with Crippen LogP contribution in [0.3, 0.4) is 0 Å². The highest BCUT2D eigenvalue weighted by atomic mass is 32.1. The summed E-state index contributed by atoms with van der Waals surface area (Å²) in [5, 5.41) is 2.71. The van der Waals surface area contributed by atoms with Gasteiger partial charge in [0.25, 0.3) is 0 Å². The lowest BCUT2D eigenvalue weighted by atomic mass is 9.95. The Morgan fingerprint density at radius 2 is 1.70 bits per heavy atom. The summed E-state index contributed by atoms with van der Waals surface area (Å²) >= 11 is 1.00. The molecule has 1 aromatic carbocycles. The molecule has 1 aliphatic rings. The molecule has 11 heteroatoms. The van der Waals surface area contributed by atoms with Crippen LogP contribution in [-0.2, 0) is 15.8 Å². The number of rotatable bonds is 5. The molecule has 1 aromatic heterocycles. The molecule has 1 saturated carbocycles. The zero-order chi connectivity index (χ0) is 24.4. The number of hydrogen-bond acceptors (Lipinski definition) is 3. The first-order valence-corrected chi connectivity index (χ1v) is 11.1. The highest BCUT2D eigenvalue weighted by Crippen LogP contribution is 2.38. The average Bonchev–Trinajstić information content (AvgIpc) is 3.16. The lowest BCUT2D eigenvalue weighted by Crippen LogP contribution is -2.50. The third-order valence-electron chi connectivity index (χ3n) is 5.40. The van der Waals surface area contributed by atoms with E-state index >= 15 is 0 Å². The lowest BCUT2D eigenvalue weighted by molar-refractivity contribution is -0.171. The maximum atomic E-state index is 13.6. The number of amides is 2. The molecule has 1 N–H and O–H groups in total. The second-order valence-corrected chi connectivity index (χ2v) is 9.23. The summed E-state index contributed by atoms with van der Waals surface area (Å²) in [6.07, 6.45) is -6.33. The van der Waals surface area contributed by atoms with Crippen molar-refractivity contribution in [2.45, 2.75) is 63.5 Å². The molecule has 3 rings (SSSR count). The van der Waals surface area contributed by atoms with Crippen molar-refractivity contribution in [1.29, 1.82) is 0 Å². The van der Waals surface area contributed by atoms with Crippen LogP contribution >= 0.6 is 11.3 Å². The Hall–Kier alpha value is -2.56. The number of anilines is 1. The average molecular weight is 492 g/mol. The smallest absolute Gasteiger partial charge is 0.351 e. The van der Waals surface area contributed by atoms with E-state index in [-0.39, 0.29) is 15.8 Å². The summed E-state index contributed by atoms with van der Waals surface area (Å²) < 4.78 is 80.5. The number of carbonyl (C=O) groups is 2. The first-order chi connectivity index (χ1) is 15.4. The van der Waals surface area contributed by atoms with Crippen LogP contribution in [0.25, 0.3) is 0 Å². The van der Waals surface area contributed by atoms with E-state index in [4.69, 9.17) is 0 Å². The van der Waals surface area contributed by atoms with E-state index in [1.54, 1.807) is 13.0 Å². The zero-order valence-corrected chi connectivity index (χ0v) is 18.4. The third-order valence-corrected chi connectivity index (χ3v) is 6.45. The molecule has 0 unspecified atom stereocenters. The van der Waals surface area contributed by atoms with Gasteiger partial charge < -0.3 is 5.32 Å². The largest absolute Gasteiger partial charge is 0.471 e. The molecule has 0 aliphatic heterocycles. The molecule has 0 spiro atoms. The van der Waals surface area contributed by atoms with Crippen molar-refractivity contribution in [1.82, 2.24) is 5.32 Å². The molecule has 33 heavy (non-hydrogen) atoms. The Labute approximate surface area is 190 Å². The predicted octanol–water partition coefficient (Wildman–Crippen LogP) is 6.16. The van der Waals surface area contributed by atoms with Crippen LogP contribution in [-0.4, -0.2) is 24.0 Å². The number of aryl methyl sites for hydroxylation is 1. The summed E-state index contributed by atoms with van der Waals surface area (Å²) in [4.78, 5) is 26.7. The first kappa shape index (κ1) is 25.1. The number of hydrogen-bond donors (Lipinski definition) is 1. The summed E-state index contributed by atoms with van der Waals surface area (Å²) in [5.41, 5.74) is -1.89. The number of thiophene rings is 1. The fourth-order valence-electron chi connectivity index (χ4n) is 3.85. The molecule has 180 valence electrons. The number of alkyl halides is 6. The minimum atomic E-state index is -5.41. The van der Waals surface area contributed by atoms with Crippen molar-refractivity contribution < 1.29 is 35.9 Å². The first-order valence-electron chi connectivity index (χ1n) is 10.3. The number of nitrogens with one attached hydrogen (secondary N) is 1. The van der Waals surface area contributed by atoms with Crippen molar-refractivity contribution in [3.63, 3.8) is 0 Å². The van der Waals surface area contributed by atoms with Crippen LogP contribution in [0.1, 0.15) is 53.5 Å². The van der Waals surface area contributed by atoms with Crippen LogP contribution < -0.4 is 10.2 Å². The molecule has 4 nitrogen and oxygen atoms in total. The third kappa shape index (κ3) is 6.07. The van der Waals surface area contributed by atoms with Crippen molar-refractivity contribution in [2.24, 2.45) is 0 Å². The predicted molar refractivity (Wildman–Crippen MR) is 112 cm³/mol. The van der Waals surface area contributed by atoms with E-state index in [9.17, 15) is 35.9 Å². The molecule has 0 bridgehead atoms. The minimum Gasteiger partial charge on any atom is -0.351 e. The molecule has 1 atom stereocenters. The van der Waals surface area contributed by atoms with Gasteiger partial charge in [0.05, 0.1) is 5.56 Å². The quantitative estimate of drug-likeness (QED) is 0.508. The minimum absolute atomic E-state index is 0.121. The number of benzene rings is 1. The van der Waals surface area contributed by atoms with Crippen molar-refractivity contribution >= 4 is 28.8 Å². The van der Waals surface area contributed by atoms with E-state index in [2.05, 4.69) is 5.32 Å². The second kappa shape index (κ2) is 9.74. The van der Waals surface area contributed by atoms with Gasteiger partial charge >= 0.3 is 18.3 Å². The van der Waals surface area contributed by atoms with Gasteiger partial charge in [0, 0.05) is 21.5 Å². The fourth-order valence-corrected chi connectivity index (χ4v) is 4.82. The molecule has 2 amide bonds. The van der Waals surface area contributed by atoms with Crippen LogP contribution in [0.4, 0.5) is 32.0 Å². The van der Waals surface area contributed by atoms with E-state index in [1.165, 1.54) is 6.07 Å². The molecule has 2 aromatic rings. The monoisotopic (exact) mass is 492 g/mol. The number of carbonyl (C=O) groups excluding carboxylic acids is 2. The van der Waals surface area contributed by atoms with Crippen LogP contribution in [0, 0.1) is 6.92 Å². The van der Waals surface area contributed by atoms with Crippen molar-refractivity contribution in [3.05, 3.63) is 51.7 Å². The SMILES string of the molecule is Cc1ccc([C@@H](C(=O)NC2CCCCC2)N(C(=O)C(F)(F)F)c2cccc(C(F)(F)F)c2)s1. The van der Waals surface area contributed by atoms with Gasteiger partial charge in [-0.2, -0.15) is 26.3 Å². The van der Waals surface area contributed by atoms with Crippen molar-refractivity contribution in [2.75, 3.05) is 4.90 Å². The molecule has 1 aliphatic carbocycles. The lowest BCUT2D eigenvalue weighted by Gasteiger charge is -2.33. The Kier molecular flexibility index (Phi) is 7.40. The van der Waals surface area contributed by atoms with Gasteiger partial charge in [-0.05, 0) is 50.1 Å². The van der Waals surface area contributed by atoms with E-state index in [0.717, 1.165) is 42.7 Å². The van der Waals surface area contributed by atoms with Gasteiger partial charge in [0.1, 0.15) is 0 Å². The maximum Gasteiger partial charge on any atom is 0.471 e. The van der Waals surface area contributed by atoms with Crippen LogP contribution in [0.2, 0.25) is 0 Å². The van der Waals surface area contributed by atoms with Crippen LogP contribution in [0.5, 0.6) is 0 Å². The van der Waals surface area contributed by atoms with Crippen molar-refractivity contribution in [3.8, 4) is 0 Å². The topological polar surface area (TPSA) is 49.4 Å². The van der Waals surface area contributed by atoms with Gasteiger partial charge in [-0.1, -0.05) is 25.3 Å². The normalized spacial score (nSPS) is 16.3. The molecule has 1 fully saturated rings. The van der Waals surface area contributed by atoms with Crippen LogP contribution in [0.15, 0.2) is 36.4 Å². The van der Waals surface area contributed by atoms with Gasteiger partial charge in [-0.3, -0.25) is 14.5 Å². The summed E-state index contributed by atoms with van der Waals surface area (Å²) in [5.74, 6) is -3.28. The van der Waals surface area contributed by atoms with Gasteiger partial charge in [-0.25, -0.2) is 0 Å². The number of halogens is 6. The second-order valence-electron chi connectivity index (χ2n) is 7.92. The molecular formula is C22H22F6N2O2S. The summed E-state index contributed by atoms with van der Waals surface area (Å²) in [6.45, 7) is 1.67. The molecular weight excluding hydrogens is 470 g/mol. The highest BCUT2D eigenvalue weighted by Gasteiger charge is 2.48. The highest BCUT2D eigenvalue weighted by molar-refractivity contribution is 7.12. The summed E-state index contributed by atoms with van der Waals surface area (Å²) in [6, 6.07) is 3.93. The van der Waals surface area contributed by atoms with E-state index < -0.39 is 41.5 Å². The molecule has 0 saturated heterocycles. The summed E-state index contributed by atoms with van der Waals surface area (Å²) in [7, 11) is 0.